The van der Waals surface area contributed by atoms with Crippen LogP contribution in [-0.2, 0) is 6.42 Å². The van der Waals surface area contributed by atoms with Gasteiger partial charge in [0.05, 0.1) is 6.42 Å². The van der Waals surface area contributed by atoms with Gasteiger partial charge in [0.2, 0.25) is 11.8 Å². The molecule has 1 aliphatic rings. The molecular formula is C15H13BrN4O2. The molecule has 0 N–H and O–H groups in total. The molecule has 2 heterocycles. The van der Waals surface area contributed by atoms with Crippen LogP contribution in [-0.4, -0.2) is 20.3 Å². The predicted octanol–water partition coefficient (Wildman–Crippen LogP) is 3.39. The number of hydrogen-bond acceptors (Lipinski definition) is 6. The van der Waals surface area contributed by atoms with E-state index in [2.05, 4.69) is 60.5 Å². The highest BCUT2D eigenvalue weighted by molar-refractivity contribution is 9.10. The molecule has 22 heavy (non-hydrogen) atoms. The summed E-state index contributed by atoms with van der Waals surface area (Å²) in [6, 6.07) is 8.38. The largest absolute Gasteiger partial charge is 0.340 e. The van der Waals surface area contributed by atoms with Gasteiger partial charge >= 0.3 is 0 Å². The number of hydrogen-bond donors (Lipinski definition) is 0. The van der Waals surface area contributed by atoms with Gasteiger partial charge in [-0.15, -0.1) is 0 Å². The molecule has 1 aliphatic carbocycles. The molecular weight excluding hydrogens is 348 g/mol. The molecule has 3 aromatic rings. The van der Waals surface area contributed by atoms with Gasteiger partial charge in [-0.25, -0.2) is 0 Å². The number of benzene rings is 1. The van der Waals surface area contributed by atoms with Crippen molar-refractivity contribution in [3.8, 4) is 0 Å². The first kappa shape index (κ1) is 13.6. The van der Waals surface area contributed by atoms with Gasteiger partial charge in [-0.1, -0.05) is 38.4 Å². The lowest BCUT2D eigenvalue weighted by Crippen LogP contribution is -1.93. The maximum atomic E-state index is 5.39. The summed E-state index contributed by atoms with van der Waals surface area (Å²) in [4.78, 5) is 8.60. The average molecular weight is 361 g/mol. The first-order valence-corrected chi connectivity index (χ1v) is 7.85. The zero-order valence-corrected chi connectivity index (χ0v) is 13.4. The maximum Gasteiger partial charge on any atom is 0.230 e. The van der Waals surface area contributed by atoms with Crippen molar-refractivity contribution in [3.05, 3.63) is 57.7 Å². The van der Waals surface area contributed by atoms with Crippen LogP contribution >= 0.6 is 15.9 Å². The molecule has 112 valence electrons. The van der Waals surface area contributed by atoms with Crippen LogP contribution in [0.2, 0.25) is 0 Å². The van der Waals surface area contributed by atoms with E-state index in [4.69, 9.17) is 9.05 Å². The Morgan fingerprint density at radius 1 is 1.05 bits per heavy atom. The lowest BCUT2D eigenvalue weighted by Gasteiger charge is -1.98. The van der Waals surface area contributed by atoms with Gasteiger partial charge in [0.15, 0.2) is 11.6 Å². The maximum absolute atomic E-state index is 5.39. The van der Waals surface area contributed by atoms with E-state index in [0.29, 0.717) is 41.7 Å². The molecule has 0 unspecified atom stereocenters. The van der Waals surface area contributed by atoms with E-state index >= 15 is 0 Å². The summed E-state index contributed by atoms with van der Waals surface area (Å²) in [7, 11) is 0. The molecule has 6 nitrogen and oxygen atoms in total. The topological polar surface area (TPSA) is 77.8 Å². The van der Waals surface area contributed by atoms with Crippen LogP contribution in [0.5, 0.6) is 0 Å². The van der Waals surface area contributed by atoms with Crippen molar-refractivity contribution in [3.63, 3.8) is 0 Å². The van der Waals surface area contributed by atoms with Crippen molar-refractivity contribution in [2.24, 2.45) is 0 Å². The molecule has 0 bridgehead atoms. The Hall–Kier alpha value is -2.02. The van der Waals surface area contributed by atoms with Gasteiger partial charge in [0.25, 0.3) is 0 Å². The number of nitrogens with zero attached hydrogens (tertiary/aromatic N) is 4. The highest BCUT2D eigenvalue weighted by atomic mass is 79.9. The van der Waals surface area contributed by atoms with Crippen molar-refractivity contribution in [1.82, 2.24) is 20.3 Å². The summed E-state index contributed by atoms with van der Waals surface area (Å²) in [6.07, 6.45) is 1.47. The summed E-state index contributed by atoms with van der Waals surface area (Å²) in [5, 5.41) is 7.85. The van der Waals surface area contributed by atoms with Crippen molar-refractivity contribution in [1.29, 1.82) is 0 Å². The molecule has 7 heteroatoms. The van der Waals surface area contributed by atoms with Crippen LogP contribution in [0.4, 0.5) is 0 Å². The molecule has 2 atom stereocenters. The molecule has 1 saturated carbocycles. The Labute approximate surface area is 135 Å². The minimum Gasteiger partial charge on any atom is -0.340 e. The van der Waals surface area contributed by atoms with Crippen LogP contribution in [0.15, 0.2) is 37.8 Å². The third-order valence-corrected chi connectivity index (χ3v) is 4.30. The van der Waals surface area contributed by atoms with Gasteiger partial charge in [-0.05, 0) is 30.0 Å². The van der Waals surface area contributed by atoms with E-state index in [-0.39, 0.29) is 0 Å². The van der Waals surface area contributed by atoms with E-state index in [1.165, 1.54) is 5.56 Å². The number of aromatic nitrogens is 4. The zero-order chi connectivity index (χ0) is 15.1. The highest BCUT2D eigenvalue weighted by Crippen LogP contribution is 2.54. The summed E-state index contributed by atoms with van der Waals surface area (Å²) in [5.74, 6) is 3.19. The van der Waals surface area contributed by atoms with Gasteiger partial charge in [0, 0.05) is 17.3 Å². The average Bonchev–Trinajstić information content (AvgIpc) is 2.99. The Morgan fingerprint density at radius 2 is 1.77 bits per heavy atom. The van der Waals surface area contributed by atoms with Crippen LogP contribution in [0, 0.1) is 6.92 Å². The van der Waals surface area contributed by atoms with Crippen LogP contribution in [0.1, 0.15) is 47.3 Å². The summed E-state index contributed by atoms with van der Waals surface area (Å²) >= 11 is 3.45. The standard InChI is InChI=1S/C15H13BrN4O2/c1-8-17-13(19-21-8)7-14-18-15(22-20-14)12-6-11(12)9-2-4-10(16)5-3-9/h2-5,11-12H,6-7H2,1H3/t11-,12+/m0/s1. The smallest absolute Gasteiger partial charge is 0.230 e. The molecule has 0 saturated heterocycles. The third-order valence-electron chi connectivity index (χ3n) is 3.78. The second-order valence-corrected chi connectivity index (χ2v) is 6.37. The molecule has 1 fully saturated rings. The first-order chi connectivity index (χ1) is 10.7. The van der Waals surface area contributed by atoms with Crippen LogP contribution < -0.4 is 0 Å². The van der Waals surface area contributed by atoms with E-state index in [1.807, 2.05) is 0 Å². The predicted molar refractivity (Wildman–Crippen MR) is 80.4 cm³/mol. The molecule has 4 rings (SSSR count). The quantitative estimate of drug-likeness (QED) is 0.709. The van der Waals surface area contributed by atoms with Crippen molar-refractivity contribution in [2.75, 3.05) is 0 Å². The Morgan fingerprint density at radius 3 is 2.50 bits per heavy atom. The van der Waals surface area contributed by atoms with E-state index < -0.39 is 0 Å². The first-order valence-electron chi connectivity index (χ1n) is 7.06. The molecule has 2 aromatic heterocycles. The van der Waals surface area contributed by atoms with Crippen molar-refractivity contribution < 1.29 is 9.05 Å². The Bertz CT molecular complexity index is 796. The monoisotopic (exact) mass is 360 g/mol. The Balaban J connectivity index is 1.45. The third kappa shape index (κ3) is 2.68. The summed E-state index contributed by atoms with van der Waals surface area (Å²) in [5.41, 5.74) is 1.31. The van der Waals surface area contributed by atoms with Crippen LogP contribution in [0.3, 0.4) is 0 Å². The van der Waals surface area contributed by atoms with Gasteiger partial charge in [-0.2, -0.15) is 9.97 Å². The van der Waals surface area contributed by atoms with E-state index in [9.17, 15) is 0 Å². The zero-order valence-electron chi connectivity index (χ0n) is 11.9. The minimum atomic E-state index is 0.314. The lowest BCUT2D eigenvalue weighted by molar-refractivity contribution is 0.372. The number of rotatable bonds is 4. The highest BCUT2D eigenvalue weighted by Gasteiger charge is 2.43. The molecule has 0 radical (unpaired) electrons. The second-order valence-electron chi connectivity index (χ2n) is 5.46. The van der Waals surface area contributed by atoms with E-state index in [1.54, 1.807) is 6.92 Å². The normalized spacial score (nSPS) is 20.3. The molecule has 0 amide bonds. The van der Waals surface area contributed by atoms with Crippen molar-refractivity contribution >= 4 is 15.9 Å². The van der Waals surface area contributed by atoms with Crippen molar-refractivity contribution in [2.45, 2.75) is 31.6 Å². The molecule has 0 aliphatic heterocycles. The van der Waals surface area contributed by atoms with Gasteiger partial charge in [-0.3, -0.25) is 0 Å². The minimum absolute atomic E-state index is 0.314. The molecule has 1 aromatic carbocycles. The summed E-state index contributed by atoms with van der Waals surface area (Å²) in [6.45, 7) is 1.76. The molecule has 0 spiro atoms. The fourth-order valence-electron chi connectivity index (χ4n) is 2.59. The number of aryl methyl sites for hydroxylation is 1. The summed E-state index contributed by atoms with van der Waals surface area (Å²) < 4.78 is 11.4. The fourth-order valence-corrected chi connectivity index (χ4v) is 2.86. The lowest BCUT2D eigenvalue weighted by atomic mass is 10.1. The number of halogens is 1. The SMILES string of the molecule is Cc1nc(Cc2noc([C@@H]3C[C@H]3c3ccc(Br)cc3)n2)no1. The fraction of sp³-hybridized carbons (Fsp3) is 0.333. The van der Waals surface area contributed by atoms with Crippen LogP contribution in [0.25, 0.3) is 0 Å². The second kappa shape index (κ2) is 5.31. The van der Waals surface area contributed by atoms with E-state index in [0.717, 1.165) is 10.9 Å². The van der Waals surface area contributed by atoms with Gasteiger partial charge < -0.3 is 9.05 Å². The Kier molecular flexibility index (Phi) is 3.29. The van der Waals surface area contributed by atoms with Gasteiger partial charge in [0.1, 0.15) is 0 Å².